The quantitative estimate of drug-likeness (QED) is 0.912. The number of hydrogen-bond donors (Lipinski definition) is 1. The van der Waals surface area contributed by atoms with Crippen LogP contribution in [-0.4, -0.2) is 44.9 Å². The van der Waals surface area contributed by atoms with Gasteiger partial charge in [-0.15, -0.1) is 0 Å². The van der Waals surface area contributed by atoms with Gasteiger partial charge in [-0.25, -0.2) is 9.97 Å². The number of fused-ring (bicyclic) bond motifs is 3. The van der Waals surface area contributed by atoms with Crippen molar-refractivity contribution in [1.82, 2.24) is 14.9 Å². The molecule has 1 amide bonds. The summed E-state index contributed by atoms with van der Waals surface area (Å²) in [6, 6.07) is 1.97. The van der Waals surface area contributed by atoms with E-state index in [9.17, 15) is 14.7 Å². The molecule has 1 aromatic rings. The first-order chi connectivity index (χ1) is 12.0. The monoisotopic (exact) mass is 343 g/mol. The number of likely N-dealkylation sites (tertiary alicyclic amines) is 1. The van der Waals surface area contributed by atoms with E-state index in [-0.39, 0.29) is 11.3 Å². The molecule has 0 atom stereocenters. The molecule has 0 aromatic carbocycles. The van der Waals surface area contributed by atoms with Gasteiger partial charge in [0.1, 0.15) is 6.33 Å². The Bertz CT molecular complexity index is 643. The van der Waals surface area contributed by atoms with Crippen molar-refractivity contribution >= 4 is 11.9 Å². The van der Waals surface area contributed by atoms with Crippen molar-refractivity contribution in [3.8, 4) is 0 Å². The number of piperidine rings is 1. The number of carbonyl (C=O) groups is 2. The molecule has 1 saturated heterocycles. The highest BCUT2D eigenvalue weighted by Gasteiger charge is 2.56. The fraction of sp³-hybridized carbons (Fsp3) is 0.684. The van der Waals surface area contributed by atoms with Crippen LogP contribution in [0.25, 0.3) is 0 Å². The molecule has 1 N–H and O–H groups in total. The highest BCUT2D eigenvalue weighted by molar-refractivity contribution is 5.85. The molecule has 0 unspecified atom stereocenters. The molecule has 1 aliphatic heterocycles. The van der Waals surface area contributed by atoms with Gasteiger partial charge in [-0.05, 0) is 57.4 Å². The van der Waals surface area contributed by atoms with Gasteiger partial charge in [0.2, 0.25) is 5.91 Å². The largest absolute Gasteiger partial charge is 0.481 e. The Kier molecular flexibility index (Phi) is 4.01. The number of carboxylic acid groups (broad SMARTS) is 1. The Morgan fingerprint density at radius 3 is 2.16 bits per heavy atom. The molecular weight excluding hydrogens is 318 g/mol. The minimum Gasteiger partial charge on any atom is -0.481 e. The summed E-state index contributed by atoms with van der Waals surface area (Å²) < 4.78 is 0. The molecule has 1 aromatic heterocycles. The van der Waals surface area contributed by atoms with Crippen molar-refractivity contribution in [2.45, 2.75) is 57.3 Å². The predicted molar refractivity (Wildman–Crippen MR) is 90.8 cm³/mol. The molecule has 6 nitrogen and oxygen atoms in total. The zero-order valence-corrected chi connectivity index (χ0v) is 14.5. The normalized spacial score (nSPS) is 32.6. The minimum atomic E-state index is -0.668. The zero-order valence-electron chi connectivity index (χ0n) is 14.5. The topological polar surface area (TPSA) is 83.4 Å². The van der Waals surface area contributed by atoms with Gasteiger partial charge in [0.05, 0.1) is 5.41 Å². The lowest BCUT2D eigenvalue weighted by atomic mass is 9.53. The Hall–Kier alpha value is -1.98. The first-order valence-electron chi connectivity index (χ1n) is 9.33. The van der Waals surface area contributed by atoms with E-state index in [0.717, 1.165) is 50.9 Å². The van der Waals surface area contributed by atoms with Crippen LogP contribution in [0.5, 0.6) is 0 Å². The lowest BCUT2D eigenvalue weighted by Crippen LogP contribution is -2.54. The summed E-state index contributed by atoms with van der Waals surface area (Å²) in [5.41, 5.74) is 0.225. The summed E-state index contributed by atoms with van der Waals surface area (Å²) in [7, 11) is 0. The van der Waals surface area contributed by atoms with E-state index in [1.54, 1.807) is 12.5 Å². The second-order valence-corrected chi connectivity index (χ2v) is 8.07. The van der Waals surface area contributed by atoms with Gasteiger partial charge in [-0.2, -0.15) is 0 Å². The average Bonchev–Trinajstić information content (AvgIpc) is 2.69. The van der Waals surface area contributed by atoms with E-state index in [4.69, 9.17) is 0 Å². The molecule has 3 aliphatic carbocycles. The summed E-state index contributed by atoms with van der Waals surface area (Å²) in [6.45, 7) is 1.55. The third-order valence-electron chi connectivity index (χ3n) is 6.96. The number of nitrogens with zero attached hydrogens (tertiary/aromatic N) is 3. The fourth-order valence-electron chi connectivity index (χ4n) is 5.08. The maximum atomic E-state index is 13.2. The molecule has 3 saturated carbocycles. The molecule has 2 heterocycles. The van der Waals surface area contributed by atoms with Crippen LogP contribution in [0.1, 0.15) is 63.0 Å². The van der Waals surface area contributed by atoms with E-state index in [2.05, 4.69) is 9.97 Å². The number of rotatable bonds is 3. The molecule has 6 heteroatoms. The van der Waals surface area contributed by atoms with Gasteiger partial charge >= 0.3 is 5.97 Å². The first kappa shape index (κ1) is 16.5. The number of aliphatic carboxylic acids is 1. The van der Waals surface area contributed by atoms with Crippen LogP contribution in [0, 0.1) is 10.8 Å². The van der Waals surface area contributed by atoms with Gasteiger partial charge < -0.3 is 10.0 Å². The third-order valence-corrected chi connectivity index (χ3v) is 6.96. The van der Waals surface area contributed by atoms with E-state index in [1.165, 1.54) is 0 Å². The van der Waals surface area contributed by atoms with Gasteiger partial charge in [0.15, 0.2) is 0 Å². The summed E-state index contributed by atoms with van der Waals surface area (Å²) in [5, 5.41) is 9.52. The number of aromatic nitrogens is 2. The lowest BCUT2D eigenvalue weighted by Gasteiger charge is -2.52. The molecule has 2 bridgehead atoms. The van der Waals surface area contributed by atoms with Crippen molar-refractivity contribution < 1.29 is 14.7 Å². The van der Waals surface area contributed by atoms with Crippen LogP contribution in [0.3, 0.4) is 0 Å². The number of carboxylic acids is 1. The SMILES string of the molecule is O=C(O)C12CCC(C(=O)N3CCC(c4ccncn4)CC3)(CC1)CC2. The Labute approximate surface area is 147 Å². The second kappa shape index (κ2) is 6.07. The van der Waals surface area contributed by atoms with Crippen molar-refractivity contribution in [1.29, 1.82) is 0 Å². The molecule has 0 radical (unpaired) electrons. The number of carbonyl (C=O) groups excluding carboxylic acids is 1. The second-order valence-electron chi connectivity index (χ2n) is 8.07. The van der Waals surface area contributed by atoms with Crippen LogP contribution >= 0.6 is 0 Å². The highest BCUT2D eigenvalue weighted by atomic mass is 16.4. The Morgan fingerprint density at radius 1 is 1.04 bits per heavy atom. The smallest absolute Gasteiger partial charge is 0.309 e. The Morgan fingerprint density at radius 2 is 1.64 bits per heavy atom. The lowest BCUT2D eigenvalue weighted by molar-refractivity contribution is -0.167. The van der Waals surface area contributed by atoms with E-state index >= 15 is 0 Å². The maximum absolute atomic E-state index is 13.2. The summed E-state index contributed by atoms with van der Waals surface area (Å²) in [5.74, 6) is 0.00756. The van der Waals surface area contributed by atoms with Crippen LogP contribution < -0.4 is 0 Å². The first-order valence-corrected chi connectivity index (χ1v) is 9.33. The molecule has 5 rings (SSSR count). The Balaban J connectivity index is 1.39. The van der Waals surface area contributed by atoms with Gasteiger partial charge in [0.25, 0.3) is 0 Å². The van der Waals surface area contributed by atoms with Crippen LogP contribution in [-0.2, 0) is 9.59 Å². The standard InChI is InChI=1S/C19H25N3O3/c23-16(18-4-7-19(8-5-18,9-6-18)17(24)25)22-11-2-14(3-12-22)15-1-10-20-13-21-15/h1,10,13-14H,2-9,11-12H2,(H,24,25). The van der Waals surface area contributed by atoms with E-state index in [1.807, 2.05) is 11.0 Å². The van der Waals surface area contributed by atoms with Crippen LogP contribution in [0.15, 0.2) is 18.6 Å². The van der Waals surface area contributed by atoms with Crippen molar-refractivity contribution in [2.24, 2.45) is 10.8 Å². The van der Waals surface area contributed by atoms with Crippen LogP contribution in [0.2, 0.25) is 0 Å². The van der Waals surface area contributed by atoms with Crippen LogP contribution in [0.4, 0.5) is 0 Å². The molecule has 25 heavy (non-hydrogen) atoms. The maximum Gasteiger partial charge on any atom is 0.309 e. The summed E-state index contributed by atoms with van der Waals surface area (Å²) in [6.07, 6.45) is 9.44. The highest BCUT2D eigenvalue weighted by Crippen LogP contribution is 2.57. The van der Waals surface area contributed by atoms with Gasteiger partial charge in [-0.3, -0.25) is 9.59 Å². The molecule has 4 fully saturated rings. The third kappa shape index (κ3) is 2.71. The van der Waals surface area contributed by atoms with Crippen molar-refractivity contribution in [2.75, 3.05) is 13.1 Å². The molecule has 4 aliphatic rings. The number of hydrogen-bond acceptors (Lipinski definition) is 4. The summed E-state index contributed by atoms with van der Waals surface area (Å²) in [4.78, 5) is 35.1. The minimum absolute atomic E-state index is 0.271. The molecular formula is C19H25N3O3. The predicted octanol–water partition coefficient (Wildman–Crippen LogP) is 2.61. The van der Waals surface area contributed by atoms with Gasteiger partial charge in [0, 0.05) is 36.3 Å². The zero-order chi connectivity index (χ0) is 17.5. The van der Waals surface area contributed by atoms with E-state index in [0.29, 0.717) is 25.2 Å². The van der Waals surface area contributed by atoms with Crippen molar-refractivity contribution in [3.63, 3.8) is 0 Å². The summed E-state index contributed by atoms with van der Waals surface area (Å²) >= 11 is 0. The fourth-order valence-corrected chi connectivity index (χ4v) is 5.08. The van der Waals surface area contributed by atoms with Crippen molar-refractivity contribution in [3.05, 3.63) is 24.3 Å². The number of amides is 1. The van der Waals surface area contributed by atoms with Gasteiger partial charge in [-0.1, -0.05) is 0 Å². The molecule has 0 spiro atoms. The average molecular weight is 343 g/mol. The van der Waals surface area contributed by atoms with E-state index < -0.39 is 11.4 Å². The molecule has 134 valence electrons.